The minimum atomic E-state index is -0.461. The number of aryl methyl sites for hydroxylation is 2. The maximum absolute atomic E-state index is 12.5. The summed E-state index contributed by atoms with van der Waals surface area (Å²) in [6.45, 7) is 6.89. The molecule has 2 aromatic rings. The second kappa shape index (κ2) is 10.1. The third-order valence-electron chi connectivity index (χ3n) is 5.20. The normalized spacial score (nSPS) is 16.4. The van der Waals surface area contributed by atoms with Gasteiger partial charge < -0.3 is 14.2 Å². The Morgan fingerprint density at radius 2 is 1.79 bits per heavy atom. The van der Waals surface area contributed by atoms with Crippen LogP contribution in [0, 0.1) is 19.3 Å². The van der Waals surface area contributed by atoms with Crippen LogP contribution in [0.4, 0.5) is 0 Å². The van der Waals surface area contributed by atoms with Gasteiger partial charge in [0.1, 0.15) is 5.75 Å². The molecule has 2 aliphatic heterocycles. The lowest BCUT2D eigenvalue weighted by Gasteiger charge is -2.20. The van der Waals surface area contributed by atoms with E-state index in [0.29, 0.717) is 41.9 Å². The molecule has 34 heavy (non-hydrogen) atoms. The number of amides is 1. The molecule has 8 nitrogen and oxygen atoms in total. The minimum absolute atomic E-state index is 0.00231. The number of nitrogens with one attached hydrogen (secondary N) is 1. The van der Waals surface area contributed by atoms with Gasteiger partial charge in [0.15, 0.2) is 17.3 Å². The second-order valence-corrected chi connectivity index (χ2v) is 9.03. The van der Waals surface area contributed by atoms with Crippen molar-refractivity contribution < 1.29 is 19.0 Å². The molecule has 1 N–H and O–H groups in total. The Labute approximate surface area is 202 Å². The van der Waals surface area contributed by atoms with E-state index in [2.05, 4.69) is 22.2 Å². The standard InChI is InChI=1S/C25H26N4O4S/c1-15-6-7-16(2)21(12-15)33-11-5-10-32-20-9-8-18(14-22(20)31-4)13-19-23(26)29-25(27-24(19)30)34-17(3)28-29/h6-9,12-14,26H,5,10-11H2,1-4H3. The molecule has 2 heterocycles. The molecule has 0 unspecified atom stereocenters. The Morgan fingerprint density at radius 1 is 1.03 bits per heavy atom. The van der Waals surface area contributed by atoms with Crippen LogP contribution < -0.4 is 14.2 Å². The van der Waals surface area contributed by atoms with Crippen LogP contribution >= 0.6 is 11.8 Å². The van der Waals surface area contributed by atoms with Crippen molar-refractivity contribution in [3.05, 3.63) is 58.7 Å². The summed E-state index contributed by atoms with van der Waals surface area (Å²) in [4.78, 5) is 16.5. The van der Waals surface area contributed by atoms with Crippen molar-refractivity contribution in [2.75, 3.05) is 20.3 Å². The highest BCUT2D eigenvalue weighted by Crippen LogP contribution is 2.31. The van der Waals surface area contributed by atoms with E-state index in [1.165, 1.54) is 16.8 Å². The lowest BCUT2D eigenvalue weighted by Crippen LogP contribution is -2.35. The number of amidine groups is 2. The van der Waals surface area contributed by atoms with Gasteiger partial charge in [-0.2, -0.15) is 15.1 Å². The molecule has 4 rings (SSSR count). The average molecular weight is 479 g/mol. The number of thioether (sulfide) groups is 1. The van der Waals surface area contributed by atoms with Gasteiger partial charge >= 0.3 is 0 Å². The number of hydrazone groups is 1. The fourth-order valence-corrected chi connectivity index (χ4v) is 4.17. The van der Waals surface area contributed by atoms with E-state index >= 15 is 0 Å². The molecular formula is C25H26N4O4S. The molecule has 0 saturated carbocycles. The largest absolute Gasteiger partial charge is 0.493 e. The van der Waals surface area contributed by atoms with E-state index in [9.17, 15) is 4.79 Å². The van der Waals surface area contributed by atoms with Crippen molar-refractivity contribution in [2.45, 2.75) is 27.2 Å². The number of aliphatic imine (C=N–C) groups is 1. The molecule has 0 saturated heterocycles. The summed E-state index contributed by atoms with van der Waals surface area (Å²) in [7, 11) is 1.56. The number of benzene rings is 2. The number of ether oxygens (including phenoxy) is 3. The van der Waals surface area contributed by atoms with Crippen LogP contribution in [0.15, 0.2) is 52.1 Å². The maximum atomic E-state index is 12.5. The molecule has 0 radical (unpaired) electrons. The smallest absolute Gasteiger partial charge is 0.283 e. The van der Waals surface area contributed by atoms with Crippen molar-refractivity contribution in [1.82, 2.24) is 5.01 Å². The first-order chi connectivity index (χ1) is 16.4. The average Bonchev–Trinajstić information content (AvgIpc) is 3.19. The van der Waals surface area contributed by atoms with Crippen LogP contribution in [0.5, 0.6) is 17.2 Å². The summed E-state index contributed by atoms with van der Waals surface area (Å²) >= 11 is 1.28. The van der Waals surface area contributed by atoms with Crippen molar-refractivity contribution in [3.8, 4) is 17.2 Å². The zero-order chi connectivity index (χ0) is 24.2. The van der Waals surface area contributed by atoms with Crippen molar-refractivity contribution in [3.63, 3.8) is 0 Å². The van der Waals surface area contributed by atoms with Gasteiger partial charge in [-0.05, 0) is 73.5 Å². The monoisotopic (exact) mass is 478 g/mol. The van der Waals surface area contributed by atoms with Gasteiger partial charge in [-0.25, -0.2) is 0 Å². The van der Waals surface area contributed by atoms with Crippen LogP contribution in [0.3, 0.4) is 0 Å². The Bertz CT molecular complexity index is 1240. The molecule has 0 aromatic heterocycles. The Balaban J connectivity index is 1.38. The van der Waals surface area contributed by atoms with E-state index in [1.807, 2.05) is 32.9 Å². The summed E-state index contributed by atoms with van der Waals surface area (Å²) in [6, 6.07) is 11.5. The molecule has 2 aliphatic rings. The number of rotatable bonds is 8. The van der Waals surface area contributed by atoms with Crippen LogP contribution in [0.1, 0.15) is 30.0 Å². The van der Waals surface area contributed by atoms with Gasteiger partial charge in [0.2, 0.25) is 5.17 Å². The lowest BCUT2D eigenvalue weighted by molar-refractivity contribution is -0.114. The molecule has 0 aliphatic carbocycles. The maximum Gasteiger partial charge on any atom is 0.283 e. The van der Waals surface area contributed by atoms with Gasteiger partial charge in [0.25, 0.3) is 5.91 Å². The Hall–Kier alpha value is -3.59. The highest BCUT2D eigenvalue weighted by Gasteiger charge is 2.34. The summed E-state index contributed by atoms with van der Waals surface area (Å²) in [5.41, 5.74) is 3.13. The highest BCUT2D eigenvalue weighted by atomic mass is 32.2. The first-order valence-corrected chi connectivity index (χ1v) is 11.6. The van der Waals surface area contributed by atoms with Crippen LogP contribution in [0.25, 0.3) is 6.08 Å². The Kier molecular flexibility index (Phi) is 7.02. The molecule has 176 valence electrons. The number of hydrogen-bond donors (Lipinski definition) is 1. The first-order valence-electron chi connectivity index (χ1n) is 10.8. The number of methoxy groups -OCH3 is 1. The van der Waals surface area contributed by atoms with Crippen LogP contribution in [-0.2, 0) is 4.79 Å². The zero-order valence-electron chi connectivity index (χ0n) is 19.5. The van der Waals surface area contributed by atoms with Gasteiger partial charge in [-0.3, -0.25) is 10.2 Å². The number of nitrogens with zero attached hydrogens (tertiary/aromatic N) is 3. The predicted molar refractivity (Wildman–Crippen MR) is 135 cm³/mol. The third-order valence-corrected chi connectivity index (χ3v) is 6.03. The van der Waals surface area contributed by atoms with E-state index in [0.717, 1.165) is 21.9 Å². The SMILES string of the molecule is COc1cc(C=C2C(=N)N3N=C(C)SC3=NC2=O)ccc1OCCCOc1cc(C)ccc1C. The van der Waals surface area contributed by atoms with Crippen LogP contribution in [-0.4, -0.2) is 47.3 Å². The quantitative estimate of drug-likeness (QED) is 0.432. The van der Waals surface area contributed by atoms with Crippen molar-refractivity contribution in [1.29, 1.82) is 5.41 Å². The van der Waals surface area contributed by atoms with E-state index < -0.39 is 5.91 Å². The first kappa shape index (κ1) is 23.6. The molecule has 0 spiro atoms. The summed E-state index contributed by atoms with van der Waals surface area (Å²) in [5.74, 6) is 1.56. The van der Waals surface area contributed by atoms with Crippen LogP contribution in [0.2, 0.25) is 0 Å². The van der Waals surface area contributed by atoms with Gasteiger partial charge in [-0.1, -0.05) is 18.2 Å². The number of carbonyl (C=O) groups excluding carboxylic acids is 1. The summed E-state index contributed by atoms with van der Waals surface area (Å²) < 4.78 is 17.2. The molecule has 1 amide bonds. The molecule has 9 heteroatoms. The van der Waals surface area contributed by atoms with E-state index in [4.69, 9.17) is 19.6 Å². The fourth-order valence-electron chi connectivity index (χ4n) is 3.43. The molecular weight excluding hydrogens is 452 g/mol. The van der Waals surface area contributed by atoms with Gasteiger partial charge in [0, 0.05) is 6.42 Å². The summed E-state index contributed by atoms with van der Waals surface area (Å²) in [6.07, 6.45) is 2.32. The number of carbonyl (C=O) groups is 1. The molecule has 0 fully saturated rings. The summed E-state index contributed by atoms with van der Waals surface area (Å²) in [5, 5.41) is 15.1. The van der Waals surface area contributed by atoms with Crippen molar-refractivity contribution >= 4 is 39.8 Å². The predicted octanol–water partition coefficient (Wildman–Crippen LogP) is 4.80. The number of fused-ring (bicyclic) bond motifs is 1. The van der Waals surface area contributed by atoms with Gasteiger partial charge in [0.05, 0.1) is 30.9 Å². The second-order valence-electron chi connectivity index (χ2n) is 7.87. The van der Waals surface area contributed by atoms with Gasteiger partial charge in [-0.15, -0.1) is 0 Å². The number of hydrogen-bond acceptors (Lipinski definition) is 7. The molecule has 0 bridgehead atoms. The topological polar surface area (TPSA) is 96.6 Å². The third kappa shape index (κ3) is 5.14. The van der Waals surface area contributed by atoms with E-state index in [1.54, 1.807) is 25.3 Å². The molecule has 0 atom stereocenters. The van der Waals surface area contributed by atoms with Crippen molar-refractivity contribution in [2.24, 2.45) is 10.1 Å². The Morgan fingerprint density at radius 3 is 2.56 bits per heavy atom. The molecule has 2 aromatic carbocycles. The lowest BCUT2D eigenvalue weighted by atomic mass is 10.1. The van der Waals surface area contributed by atoms with E-state index in [-0.39, 0.29) is 11.4 Å². The fraction of sp³-hybridized carbons (Fsp3) is 0.280. The zero-order valence-corrected chi connectivity index (χ0v) is 20.4. The highest BCUT2D eigenvalue weighted by molar-refractivity contribution is 8.26. The minimum Gasteiger partial charge on any atom is -0.493 e.